The number of rotatable bonds is 2. The van der Waals surface area contributed by atoms with Crippen molar-refractivity contribution in [2.75, 3.05) is 7.11 Å². The molecule has 0 unspecified atom stereocenters. The minimum Gasteiger partial charge on any atom is -0.497 e. The maximum absolute atomic E-state index is 5.03. The molecule has 0 aromatic heterocycles. The van der Waals surface area contributed by atoms with Crippen molar-refractivity contribution in [3.05, 3.63) is 24.3 Å². The Bertz CT molecular complexity index is 215. The molecule has 10 heavy (non-hydrogen) atoms. The van der Waals surface area contributed by atoms with Gasteiger partial charge in [-0.2, -0.15) is 0 Å². The fraction of sp³-hybridized carbons (Fsp3) is 0.125. The lowest BCUT2D eigenvalue weighted by Gasteiger charge is -1.97. The number of nitrogens with zero attached hydrogens (tertiary/aromatic N) is 1. The second kappa shape index (κ2) is 3.01. The van der Waals surface area contributed by atoms with Crippen molar-refractivity contribution in [2.45, 2.75) is 0 Å². The van der Waals surface area contributed by atoms with Crippen LogP contribution in [0, 0.1) is 0 Å². The van der Waals surface area contributed by atoms with E-state index in [4.69, 9.17) is 11.5 Å². The highest BCUT2D eigenvalue weighted by Crippen LogP contribution is 2.16. The molecule has 0 saturated carbocycles. The molecule has 0 bridgehead atoms. The zero-order chi connectivity index (χ0) is 7.40. The van der Waals surface area contributed by atoms with E-state index in [1.54, 1.807) is 19.2 Å². The van der Waals surface area contributed by atoms with Gasteiger partial charge in [0.25, 0.3) is 0 Å². The fourth-order valence-electron chi connectivity index (χ4n) is 0.668. The minimum absolute atomic E-state index is 0.751. The summed E-state index contributed by atoms with van der Waals surface area (Å²) in [4.78, 5) is 3.49. The Morgan fingerprint density at radius 1 is 1.30 bits per heavy atom. The van der Waals surface area contributed by atoms with E-state index in [9.17, 15) is 0 Å². The Balaban J connectivity index is 2.90. The van der Waals surface area contributed by atoms with Crippen molar-refractivity contribution >= 4 is 12.4 Å². The van der Waals surface area contributed by atoms with Crippen LogP contribution in [0.2, 0.25) is 0 Å². The summed E-state index contributed by atoms with van der Waals surface area (Å²) < 4.78 is 4.93. The first-order chi connectivity index (χ1) is 4.86. The predicted octanol–water partition coefficient (Wildman–Crippen LogP) is 1.90. The van der Waals surface area contributed by atoms with Crippen molar-refractivity contribution in [3.8, 4) is 5.75 Å². The molecule has 0 aliphatic carbocycles. The quantitative estimate of drug-likeness (QED) is 0.566. The number of ether oxygens (including phenoxy) is 1. The molecule has 0 saturated heterocycles. The van der Waals surface area contributed by atoms with Gasteiger partial charge in [0, 0.05) is 6.72 Å². The van der Waals surface area contributed by atoms with Crippen LogP contribution >= 0.6 is 0 Å². The molecular formula is C8H8NO. The molecule has 2 nitrogen and oxygen atoms in total. The molecule has 0 heterocycles. The maximum Gasteiger partial charge on any atom is 0.119 e. The first kappa shape index (κ1) is 6.81. The number of methoxy groups -OCH3 is 1. The second-order valence-electron chi connectivity index (χ2n) is 1.83. The summed E-state index contributed by atoms with van der Waals surface area (Å²) in [5.41, 5.74) is 0.751. The van der Waals surface area contributed by atoms with Crippen molar-refractivity contribution < 1.29 is 4.74 Å². The topological polar surface area (TPSA) is 21.6 Å². The minimum atomic E-state index is 0.751. The average Bonchev–Trinajstić information content (AvgIpc) is 2.05. The smallest absolute Gasteiger partial charge is 0.119 e. The van der Waals surface area contributed by atoms with Gasteiger partial charge in [0.05, 0.1) is 12.8 Å². The summed E-state index contributed by atoms with van der Waals surface area (Å²) in [6.45, 7) is 5.03. The Labute approximate surface area is 60.2 Å². The van der Waals surface area contributed by atoms with E-state index >= 15 is 0 Å². The van der Waals surface area contributed by atoms with Crippen LogP contribution in [0.15, 0.2) is 29.3 Å². The van der Waals surface area contributed by atoms with Crippen molar-refractivity contribution in [1.82, 2.24) is 0 Å². The maximum atomic E-state index is 5.03. The second-order valence-corrected chi connectivity index (χ2v) is 1.83. The molecular weight excluding hydrogens is 126 g/mol. The zero-order valence-corrected chi connectivity index (χ0v) is 5.74. The molecule has 0 N–H and O–H groups in total. The standard InChI is InChI=1S/C8H8NO/c1-9-7-3-5-8(10-2)6-4-7/h1,3-6H,2H3. The number of aliphatic imine (C=N–C) groups is 1. The molecule has 0 spiro atoms. The van der Waals surface area contributed by atoms with Crippen LogP contribution in [0.5, 0.6) is 5.75 Å². The largest absolute Gasteiger partial charge is 0.497 e. The number of hydrogen-bond donors (Lipinski definition) is 0. The van der Waals surface area contributed by atoms with Crippen molar-refractivity contribution in [3.63, 3.8) is 0 Å². The van der Waals surface area contributed by atoms with Gasteiger partial charge in [-0.25, -0.2) is 0 Å². The Hall–Kier alpha value is -1.31. The van der Waals surface area contributed by atoms with E-state index in [2.05, 4.69) is 4.99 Å². The molecule has 1 radical (unpaired) electrons. The van der Waals surface area contributed by atoms with Crippen molar-refractivity contribution in [1.29, 1.82) is 0 Å². The lowest BCUT2D eigenvalue weighted by atomic mass is 10.3. The average molecular weight is 134 g/mol. The fourth-order valence-corrected chi connectivity index (χ4v) is 0.668. The molecule has 0 aliphatic rings. The number of hydrogen-bond acceptors (Lipinski definition) is 2. The predicted molar refractivity (Wildman–Crippen MR) is 41.1 cm³/mol. The third-order valence-electron chi connectivity index (χ3n) is 1.22. The van der Waals surface area contributed by atoms with Crippen molar-refractivity contribution in [2.24, 2.45) is 4.99 Å². The van der Waals surface area contributed by atoms with Gasteiger partial charge in [0.15, 0.2) is 0 Å². The summed E-state index contributed by atoms with van der Waals surface area (Å²) >= 11 is 0. The summed E-state index contributed by atoms with van der Waals surface area (Å²) in [6, 6.07) is 7.20. The third kappa shape index (κ3) is 1.35. The molecule has 51 valence electrons. The Morgan fingerprint density at radius 2 is 1.90 bits per heavy atom. The molecule has 2 heteroatoms. The normalized spacial score (nSPS) is 8.90. The van der Waals surface area contributed by atoms with Crippen LogP contribution in [0.25, 0.3) is 0 Å². The summed E-state index contributed by atoms with van der Waals surface area (Å²) in [7, 11) is 1.62. The van der Waals surface area contributed by atoms with E-state index in [0.717, 1.165) is 11.4 Å². The third-order valence-corrected chi connectivity index (χ3v) is 1.22. The van der Waals surface area contributed by atoms with Crippen LogP contribution in [0.3, 0.4) is 0 Å². The summed E-state index contributed by atoms with van der Waals surface area (Å²) in [5, 5.41) is 0. The molecule has 0 atom stereocenters. The molecule has 1 aromatic rings. The zero-order valence-electron chi connectivity index (χ0n) is 5.74. The van der Waals surface area contributed by atoms with Gasteiger partial charge in [-0.05, 0) is 24.3 Å². The monoisotopic (exact) mass is 134 g/mol. The Kier molecular flexibility index (Phi) is 2.05. The van der Waals surface area contributed by atoms with E-state index in [-0.39, 0.29) is 0 Å². The van der Waals surface area contributed by atoms with Crippen LogP contribution in [-0.4, -0.2) is 13.8 Å². The molecule has 0 aliphatic heterocycles. The molecule has 1 rings (SSSR count). The first-order valence-corrected chi connectivity index (χ1v) is 2.92. The van der Waals surface area contributed by atoms with Gasteiger partial charge < -0.3 is 4.74 Å². The van der Waals surface area contributed by atoms with Gasteiger partial charge in [0.2, 0.25) is 0 Å². The van der Waals surface area contributed by atoms with Gasteiger partial charge in [-0.3, -0.25) is 4.99 Å². The van der Waals surface area contributed by atoms with Crippen LogP contribution < -0.4 is 4.74 Å². The summed E-state index contributed by atoms with van der Waals surface area (Å²) in [5.74, 6) is 0.812. The molecule has 1 aromatic carbocycles. The highest BCUT2D eigenvalue weighted by molar-refractivity contribution is 5.47. The highest BCUT2D eigenvalue weighted by atomic mass is 16.5. The van der Waals surface area contributed by atoms with Crippen LogP contribution in [0.1, 0.15) is 0 Å². The lowest BCUT2D eigenvalue weighted by molar-refractivity contribution is 0.415. The van der Waals surface area contributed by atoms with E-state index in [1.165, 1.54) is 0 Å². The van der Waals surface area contributed by atoms with E-state index in [1.807, 2.05) is 12.1 Å². The summed E-state index contributed by atoms with van der Waals surface area (Å²) in [6.07, 6.45) is 0. The van der Waals surface area contributed by atoms with Gasteiger partial charge in [-0.15, -0.1) is 0 Å². The highest BCUT2D eigenvalue weighted by Gasteiger charge is 1.88. The van der Waals surface area contributed by atoms with Crippen LogP contribution in [-0.2, 0) is 0 Å². The number of benzene rings is 1. The first-order valence-electron chi connectivity index (χ1n) is 2.92. The molecule has 0 fully saturated rings. The van der Waals surface area contributed by atoms with Gasteiger partial charge in [0.1, 0.15) is 5.75 Å². The SMILES string of the molecule is [CH]=Nc1ccc(OC)cc1. The van der Waals surface area contributed by atoms with E-state index < -0.39 is 0 Å². The van der Waals surface area contributed by atoms with Gasteiger partial charge in [-0.1, -0.05) is 0 Å². The Morgan fingerprint density at radius 3 is 2.30 bits per heavy atom. The lowest BCUT2D eigenvalue weighted by Crippen LogP contribution is -1.79. The molecule has 0 amide bonds. The van der Waals surface area contributed by atoms with Crippen LogP contribution in [0.4, 0.5) is 5.69 Å². The van der Waals surface area contributed by atoms with Gasteiger partial charge >= 0.3 is 0 Å². The van der Waals surface area contributed by atoms with E-state index in [0.29, 0.717) is 0 Å².